The summed E-state index contributed by atoms with van der Waals surface area (Å²) in [6.07, 6.45) is 7.03. The first-order valence-electron chi connectivity index (χ1n) is 7.97. The lowest BCUT2D eigenvalue weighted by molar-refractivity contribution is -0.116. The molecule has 0 saturated heterocycles. The lowest BCUT2D eigenvalue weighted by atomic mass is 9.86. The Morgan fingerprint density at radius 1 is 1.42 bits per heavy atom. The number of aromatic amines is 1. The van der Waals surface area contributed by atoms with Crippen molar-refractivity contribution < 1.29 is 9.53 Å². The predicted molar refractivity (Wildman–Crippen MR) is 102 cm³/mol. The zero-order chi connectivity index (χ0) is 18.5. The maximum Gasteiger partial charge on any atom is 0.257 e. The second-order valence-electron chi connectivity index (χ2n) is 5.57. The Bertz CT molecular complexity index is 946. The van der Waals surface area contributed by atoms with Crippen molar-refractivity contribution in [2.75, 3.05) is 17.7 Å². The first-order chi connectivity index (χ1) is 12.6. The molecule has 1 amide bonds. The number of para-hydroxylation sites is 1. The van der Waals surface area contributed by atoms with Crippen LogP contribution in [0.4, 0.5) is 5.82 Å². The second-order valence-corrected chi connectivity index (χ2v) is 6.53. The molecule has 7 heteroatoms. The van der Waals surface area contributed by atoms with Gasteiger partial charge in [0.1, 0.15) is 18.2 Å². The fourth-order valence-electron chi connectivity index (χ4n) is 2.84. The van der Waals surface area contributed by atoms with Gasteiger partial charge < -0.3 is 15.0 Å². The minimum atomic E-state index is -0.442. The number of hydrogen-bond acceptors (Lipinski definition) is 5. The topological polar surface area (TPSA) is 84.1 Å². The van der Waals surface area contributed by atoms with Gasteiger partial charge in [0.05, 0.1) is 11.3 Å². The molecular formula is C19H17N3O3S. The van der Waals surface area contributed by atoms with Gasteiger partial charge in [0, 0.05) is 17.9 Å². The normalized spacial score (nSPS) is 15.5. The minimum Gasteiger partial charge on any atom is -0.489 e. The number of aromatic nitrogens is 2. The number of terminal acetylenes is 1. The van der Waals surface area contributed by atoms with Crippen LogP contribution in [-0.4, -0.2) is 28.2 Å². The summed E-state index contributed by atoms with van der Waals surface area (Å²) in [5.74, 6) is 3.09. The zero-order valence-corrected chi connectivity index (χ0v) is 14.8. The van der Waals surface area contributed by atoms with Crippen LogP contribution >= 0.6 is 11.8 Å². The summed E-state index contributed by atoms with van der Waals surface area (Å²) in [5, 5.41) is 3.07. The van der Waals surface area contributed by atoms with E-state index in [0.717, 1.165) is 5.56 Å². The van der Waals surface area contributed by atoms with Crippen molar-refractivity contribution in [1.82, 2.24) is 9.97 Å². The van der Waals surface area contributed by atoms with Gasteiger partial charge in [-0.1, -0.05) is 48.5 Å². The molecule has 6 nitrogen and oxygen atoms in total. The van der Waals surface area contributed by atoms with Crippen LogP contribution < -0.4 is 15.6 Å². The molecule has 0 spiro atoms. The molecule has 1 atom stereocenters. The van der Waals surface area contributed by atoms with Crippen molar-refractivity contribution in [2.24, 2.45) is 0 Å². The molecule has 0 radical (unpaired) electrons. The number of H-pyrrole nitrogens is 1. The number of anilines is 1. The van der Waals surface area contributed by atoms with Crippen molar-refractivity contribution >= 4 is 23.5 Å². The van der Waals surface area contributed by atoms with E-state index < -0.39 is 5.92 Å². The van der Waals surface area contributed by atoms with E-state index in [-0.39, 0.29) is 23.7 Å². The van der Waals surface area contributed by atoms with Crippen LogP contribution in [0.15, 0.2) is 46.9 Å². The number of hydrogen-bond donors (Lipinski definition) is 2. The average Bonchev–Trinajstić information content (AvgIpc) is 2.64. The second kappa shape index (κ2) is 7.93. The van der Waals surface area contributed by atoms with Gasteiger partial charge in [-0.2, -0.15) is 0 Å². The van der Waals surface area contributed by atoms with Crippen molar-refractivity contribution in [3.05, 3.63) is 58.4 Å². The molecule has 0 fully saturated rings. The maximum atomic E-state index is 12.7. The van der Waals surface area contributed by atoms with Gasteiger partial charge in [-0.3, -0.25) is 9.59 Å². The van der Waals surface area contributed by atoms with Crippen molar-refractivity contribution in [1.29, 1.82) is 0 Å². The number of carbonyl (C=O) groups excluding carboxylic acids is 1. The van der Waals surface area contributed by atoms with Crippen LogP contribution in [0.1, 0.15) is 23.5 Å². The highest BCUT2D eigenvalue weighted by Crippen LogP contribution is 2.38. The van der Waals surface area contributed by atoms with Gasteiger partial charge in [-0.15, -0.1) is 6.42 Å². The fraction of sp³-hybridized carbons (Fsp3) is 0.211. The maximum absolute atomic E-state index is 12.7. The van der Waals surface area contributed by atoms with E-state index >= 15 is 0 Å². The molecule has 1 aliphatic rings. The molecule has 2 N–H and O–H groups in total. The van der Waals surface area contributed by atoms with E-state index in [1.165, 1.54) is 11.8 Å². The highest BCUT2D eigenvalue weighted by atomic mass is 32.2. The van der Waals surface area contributed by atoms with Crippen LogP contribution in [0.2, 0.25) is 0 Å². The third-order valence-corrected chi connectivity index (χ3v) is 4.65. The lowest BCUT2D eigenvalue weighted by Crippen LogP contribution is -2.31. The molecule has 2 aromatic rings. The fourth-order valence-corrected chi connectivity index (χ4v) is 3.38. The highest BCUT2D eigenvalue weighted by Gasteiger charge is 2.32. The lowest BCUT2D eigenvalue weighted by Gasteiger charge is -2.25. The first kappa shape index (κ1) is 17.8. The van der Waals surface area contributed by atoms with Crippen LogP contribution in [-0.2, 0) is 4.79 Å². The quantitative estimate of drug-likeness (QED) is 0.355. The van der Waals surface area contributed by atoms with Crippen LogP contribution in [0.5, 0.6) is 5.75 Å². The number of carbonyl (C=O) groups is 1. The van der Waals surface area contributed by atoms with Gasteiger partial charge >= 0.3 is 0 Å². The third-order valence-electron chi connectivity index (χ3n) is 3.87. The van der Waals surface area contributed by atoms with E-state index in [1.54, 1.807) is 6.08 Å². The Morgan fingerprint density at radius 3 is 3.00 bits per heavy atom. The number of nitrogens with zero attached hydrogens (tertiary/aromatic N) is 1. The van der Waals surface area contributed by atoms with Gasteiger partial charge in [-0.25, -0.2) is 4.98 Å². The van der Waals surface area contributed by atoms with E-state index in [9.17, 15) is 9.59 Å². The number of thioether (sulfide) groups is 1. The summed E-state index contributed by atoms with van der Waals surface area (Å²) in [5.41, 5.74) is 0.893. The molecule has 1 aromatic heterocycles. The van der Waals surface area contributed by atoms with Crippen molar-refractivity contribution in [2.45, 2.75) is 17.5 Å². The van der Waals surface area contributed by atoms with Gasteiger partial charge in [0.25, 0.3) is 5.56 Å². The molecule has 2 heterocycles. The summed E-state index contributed by atoms with van der Waals surface area (Å²) in [6, 6.07) is 7.35. The van der Waals surface area contributed by atoms with Crippen molar-refractivity contribution in [3.8, 4) is 18.1 Å². The number of rotatable bonds is 6. The molecule has 0 aliphatic carbocycles. The van der Waals surface area contributed by atoms with Crippen LogP contribution in [0.3, 0.4) is 0 Å². The summed E-state index contributed by atoms with van der Waals surface area (Å²) >= 11 is 1.23. The summed E-state index contributed by atoms with van der Waals surface area (Å²) in [6.45, 7) is 3.98. The number of benzene rings is 1. The van der Waals surface area contributed by atoms with E-state index in [2.05, 4.69) is 27.8 Å². The third kappa shape index (κ3) is 3.65. The highest BCUT2D eigenvalue weighted by molar-refractivity contribution is 7.99. The molecule has 1 aliphatic heterocycles. The monoisotopic (exact) mass is 367 g/mol. The summed E-state index contributed by atoms with van der Waals surface area (Å²) < 4.78 is 5.70. The largest absolute Gasteiger partial charge is 0.489 e. The number of amides is 1. The Balaban J connectivity index is 2.07. The van der Waals surface area contributed by atoms with Crippen molar-refractivity contribution in [3.63, 3.8) is 0 Å². The molecule has 3 rings (SSSR count). The van der Waals surface area contributed by atoms with Gasteiger partial charge in [0.15, 0.2) is 5.16 Å². The Hall–Kier alpha value is -2.98. The van der Waals surface area contributed by atoms with Gasteiger partial charge in [-0.05, 0) is 6.07 Å². The molecule has 1 aromatic carbocycles. The smallest absolute Gasteiger partial charge is 0.257 e. The standard InChI is InChI=1S/C19H17N3O3S/c1-3-9-25-14-8-6-5-7-12(14)13-11-15(23)20-17-16(13)18(24)22-19(21-17)26-10-4-2/h2-3,5-8,13H,1,9-11H2,(H2,20,21,22,23,24)/t13-/m0/s1. The predicted octanol–water partition coefficient (Wildman–Crippen LogP) is 2.53. The Kier molecular flexibility index (Phi) is 5.44. The number of nitrogens with one attached hydrogen (secondary N) is 2. The van der Waals surface area contributed by atoms with Crippen LogP contribution in [0, 0.1) is 12.3 Å². The SMILES string of the molecule is C#CCSc1nc2c(c(=O)[nH]1)[C@H](c1ccccc1OCC=C)CC(=O)N2. The van der Waals surface area contributed by atoms with E-state index in [4.69, 9.17) is 11.2 Å². The minimum absolute atomic E-state index is 0.142. The first-order valence-corrected chi connectivity index (χ1v) is 8.95. The Labute approximate surface area is 155 Å². The summed E-state index contributed by atoms with van der Waals surface area (Å²) in [7, 11) is 0. The van der Waals surface area contributed by atoms with E-state index in [0.29, 0.717) is 28.8 Å². The number of ether oxygens (including phenoxy) is 1. The zero-order valence-electron chi connectivity index (χ0n) is 14.0. The molecular weight excluding hydrogens is 350 g/mol. The molecule has 26 heavy (non-hydrogen) atoms. The molecule has 0 saturated carbocycles. The number of fused-ring (bicyclic) bond motifs is 1. The Morgan fingerprint density at radius 2 is 2.23 bits per heavy atom. The average molecular weight is 367 g/mol. The molecule has 132 valence electrons. The van der Waals surface area contributed by atoms with E-state index in [1.807, 2.05) is 24.3 Å². The van der Waals surface area contributed by atoms with Crippen LogP contribution in [0.25, 0.3) is 0 Å². The molecule has 0 unspecified atom stereocenters. The van der Waals surface area contributed by atoms with Gasteiger partial charge in [0.2, 0.25) is 5.91 Å². The molecule has 0 bridgehead atoms. The summed E-state index contributed by atoms with van der Waals surface area (Å²) in [4.78, 5) is 32.0.